The van der Waals surface area contributed by atoms with Crippen molar-refractivity contribution < 1.29 is 4.79 Å². The first-order valence-corrected chi connectivity index (χ1v) is 6.94. The number of fused-ring (bicyclic) bond motifs is 1. The molecule has 0 spiro atoms. The second kappa shape index (κ2) is 4.97. The Hall–Kier alpha value is -0.560. The molecule has 2 aliphatic carbocycles. The molecule has 1 nitrogen and oxygen atoms in total. The molecular formula is C15H21ClO. The fourth-order valence-corrected chi connectivity index (χ4v) is 3.74. The van der Waals surface area contributed by atoms with Gasteiger partial charge in [0.2, 0.25) is 5.24 Å². The molecule has 0 amide bonds. The first kappa shape index (κ1) is 12.9. The highest BCUT2D eigenvalue weighted by molar-refractivity contribution is 6.67. The summed E-state index contributed by atoms with van der Waals surface area (Å²) in [6, 6.07) is 0. The molecule has 0 heterocycles. The number of hydrogen-bond donors (Lipinski definition) is 0. The standard InChI is InChI=1S/C15H21ClO/c1-9-4-6-12-10(2)5-7-13(14(12)8-9)11(3)15(16)17/h8,10,12-14H,3-7H2,1-2H3/t10-,12+,13?,14+/m1/s1. The normalized spacial score (nSPS) is 37.0. The maximum absolute atomic E-state index is 11.3. The number of carbonyl (C=O) groups is 1. The number of rotatable bonds is 2. The topological polar surface area (TPSA) is 17.1 Å². The van der Waals surface area contributed by atoms with Crippen molar-refractivity contribution in [3.8, 4) is 0 Å². The van der Waals surface area contributed by atoms with Crippen molar-refractivity contribution in [2.24, 2.45) is 23.7 Å². The van der Waals surface area contributed by atoms with Gasteiger partial charge in [-0.2, -0.15) is 0 Å². The van der Waals surface area contributed by atoms with Gasteiger partial charge in [0.05, 0.1) is 0 Å². The van der Waals surface area contributed by atoms with Crippen molar-refractivity contribution in [2.45, 2.75) is 39.5 Å². The molecule has 0 bridgehead atoms. The summed E-state index contributed by atoms with van der Waals surface area (Å²) in [4.78, 5) is 11.3. The van der Waals surface area contributed by atoms with Gasteiger partial charge in [0, 0.05) is 5.57 Å². The van der Waals surface area contributed by atoms with Crippen molar-refractivity contribution in [1.82, 2.24) is 0 Å². The van der Waals surface area contributed by atoms with Crippen LogP contribution in [0.25, 0.3) is 0 Å². The van der Waals surface area contributed by atoms with Gasteiger partial charge in [-0.3, -0.25) is 4.79 Å². The third kappa shape index (κ3) is 2.49. The van der Waals surface area contributed by atoms with E-state index in [1.54, 1.807) is 0 Å². The molecule has 1 saturated carbocycles. The molecule has 0 aromatic carbocycles. The van der Waals surface area contributed by atoms with Crippen molar-refractivity contribution in [1.29, 1.82) is 0 Å². The van der Waals surface area contributed by atoms with Crippen molar-refractivity contribution >= 4 is 16.8 Å². The van der Waals surface area contributed by atoms with Crippen LogP contribution in [0.4, 0.5) is 0 Å². The van der Waals surface area contributed by atoms with Crippen molar-refractivity contribution in [3.63, 3.8) is 0 Å². The average molecular weight is 253 g/mol. The third-order valence-corrected chi connectivity index (χ3v) is 4.91. The van der Waals surface area contributed by atoms with Crippen LogP contribution in [0.5, 0.6) is 0 Å². The molecule has 2 aliphatic rings. The monoisotopic (exact) mass is 252 g/mol. The van der Waals surface area contributed by atoms with Gasteiger partial charge in [-0.15, -0.1) is 0 Å². The lowest BCUT2D eigenvalue weighted by atomic mass is 9.61. The van der Waals surface area contributed by atoms with Crippen molar-refractivity contribution in [3.05, 3.63) is 23.8 Å². The zero-order valence-corrected chi connectivity index (χ0v) is 11.5. The molecule has 0 radical (unpaired) electrons. The second-order valence-corrected chi connectivity index (χ2v) is 6.10. The Morgan fingerprint density at radius 2 is 2.12 bits per heavy atom. The Bertz CT molecular complexity index is 369. The average Bonchev–Trinajstić information content (AvgIpc) is 2.28. The largest absolute Gasteiger partial charge is 0.276 e. The van der Waals surface area contributed by atoms with Crippen LogP contribution in [0, 0.1) is 23.7 Å². The minimum atomic E-state index is -0.347. The molecule has 94 valence electrons. The highest BCUT2D eigenvalue weighted by Gasteiger charge is 2.39. The maximum atomic E-state index is 11.3. The Kier molecular flexibility index (Phi) is 3.77. The van der Waals surface area contributed by atoms with E-state index in [4.69, 9.17) is 11.6 Å². The van der Waals surface area contributed by atoms with E-state index in [2.05, 4.69) is 26.5 Å². The fraction of sp³-hybridized carbons (Fsp3) is 0.667. The van der Waals surface area contributed by atoms with E-state index in [0.717, 1.165) is 12.3 Å². The lowest BCUT2D eigenvalue weighted by Crippen LogP contribution is -2.36. The van der Waals surface area contributed by atoms with Crippen LogP contribution < -0.4 is 0 Å². The molecule has 0 N–H and O–H groups in total. The number of halogens is 1. The molecule has 1 unspecified atom stereocenters. The minimum absolute atomic E-state index is 0.274. The summed E-state index contributed by atoms with van der Waals surface area (Å²) >= 11 is 5.61. The van der Waals surface area contributed by atoms with Gasteiger partial charge in [-0.1, -0.05) is 25.2 Å². The summed E-state index contributed by atoms with van der Waals surface area (Å²) in [5.74, 6) is 2.24. The zero-order valence-electron chi connectivity index (χ0n) is 10.7. The fourth-order valence-electron chi connectivity index (χ4n) is 3.60. The summed E-state index contributed by atoms with van der Waals surface area (Å²) in [5.41, 5.74) is 2.08. The van der Waals surface area contributed by atoms with E-state index in [1.165, 1.54) is 24.8 Å². The number of carbonyl (C=O) groups excluding carboxylic acids is 1. The van der Waals surface area contributed by atoms with E-state index in [1.807, 2.05) is 0 Å². The summed E-state index contributed by atoms with van der Waals surface area (Å²) in [7, 11) is 0. The highest BCUT2D eigenvalue weighted by Crippen LogP contribution is 2.47. The van der Waals surface area contributed by atoms with E-state index in [-0.39, 0.29) is 11.2 Å². The number of hydrogen-bond acceptors (Lipinski definition) is 1. The van der Waals surface area contributed by atoms with Crippen LogP contribution >= 0.6 is 11.6 Å². The smallest absolute Gasteiger partial charge is 0.248 e. The summed E-state index contributed by atoms with van der Waals surface area (Å²) in [5, 5.41) is -0.347. The third-order valence-electron chi connectivity index (χ3n) is 4.67. The SMILES string of the molecule is C=C(C(=O)Cl)C1CC[C@@H](C)[C@@H]2CCC(C)=C[C@H]12. The van der Waals surface area contributed by atoms with Crippen LogP contribution in [-0.4, -0.2) is 5.24 Å². The Labute approximate surface area is 109 Å². The van der Waals surface area contributed by atoms with E-state index in [0.29, 0.717) is 17.4 Å². The molecule has 17 heavy (non-hydrogen) atoms. The van der Waals surface area contributed by atoms with Crippen LogP contribution in [0.15, 0.2) is 23.8 Å². The first-order valence-electron chi connectivity index (χ1n) is 6.56. The molecule has 0 aliphatic heterocycles. The Balaban J connectivity index is 2.26. The van der Waals surface area contributed by atoms with Crippen LogP contribution in [0.1, 0.15) is 39.5 Å². The first-order chi connectivity index (χ1) is 8.00. The quantitative estimate of drug-likeness (QED) is 0.406. The van der Waals surface area contributed by atoms with E-state index >= 15 is 0 Å². The van der Waals surface area contributed by atoms with E-state index < -0.39 is 0 Å². The van der Waals surface area contributed by atoms with E-state index in [9.17, 15) is 4.79 Å². The predicted molar refractivity (Wildman–Crippen MR) is 71.9 cm³/mol. The lowest BCUT2D eigenvalue weighted by molar-refractivity contribution is -0.109. The predicted octanol–water partition coefficient (Wildman–Crippen LogP) is 4.33. The van der Waals surface area contributed by atoms with Gasteiger partial charge in [0.25, 0.3) is 0 Å². The Morgan fingerprint density at radius 1 is 1.41 bits per heavy atom. The van der Waals surface area contributed by atoms with Gasteiger partial charge in [0.1, 0.15) is 0 Å². The van der Waals surface area contributed by atoms with Crippen LogP contribution in [-0.2, 0) is 4.79 Å². The molecule has 0 aromatic rings. The summed E-state index contributed by atoms with van der Waals surface area (Å²) < 4.78 is 0. The van der Waals surface area contributed by atoms with Gasteiger partial charge in [0.15, 0.2) is 0 Å². The molecule has 0 aromatic heterocycles. The highest BCUT2D eigenvalue weighted by atomic mass is 35.5. The Morgan fingerprint density at radius 3 is 2.76 bits per heavy atom. The van der Waals surface area contributed by atoms with Crippen LogP contribution in [0.3, 0.4) is 0 Å². The summed E-state index contributed by atoms with van der Waals surface area (Å²) in [6.07, 6.45) is 7.10. The number of allylic oxidation sites excluding steroid dienone is 3. The molecule has 0 saturated heterocycles. The summed E-state index contributed by atoms with van der Waals surface area (Å²) in [6.45, 7) is 8.44. The molecule has 2 heteroatoms. The molecular weight excluding hydrogens is 232 g/mol. The maximum Gasteiger partial charge on any atom is 0.248 e. The molecule has 1 fully saturated rings. The van der Waals surface area contributed by atoms with Crippen LogP contribution in [0.2, 0.25) is 0 Å². The molecule has 2 rings (SSSR count). The zero-order chi connectivity index (χ0) is 12.6. The second-order valence-electron chi connectivity index (χ2n) is 5.75. The molecule has 4 atom stereocenters. The minimum Gasteiger partial charge on any atom is -0.276 e. The van der Waals surface area contributed by atoms with Gasteiger partial charge < -0.3 is 0 Å². The lowest BCUT2D eigenvalue weighted by Gasteiger charge is -2.43. The van der Waals surface area contributed by atoms with Crippen molar-refractivity contribution in [2.75, 3.05) is 0 Å². The van der Waals surface area contributed by atoms with Gasteiger partial charge >= 0.3 is 0 Å². The van der Waals surface area contributed by atoms with Gasteiger partial charge in [-0.05, 0) is 67.9 Å². The van der Waals surface area contributed by atoms with Gasteiger partial charge in [-0.25, -0.2) is 0 Å².